The smallest absolute Gasteiger partial charge is 0.407 e. The van der Waals surface area contributed by atoms with Gasteiger partial charge >= 0.3 is 35.9 Å². The van der Waals surface area contributed by atoms with Gasteiger partial charge in [-0.25, -0.2) is 14.4 Å². The molecule has 400 valence electrons. The average Bonchev–Trinajstić information content (AvgIpc) is 3.37. The van der Waals surface area contributed by atoms with Crippen molar-refractivity contribution in [2.24, 2.45) is 16.7 Å². The molecule has 4 aliphatic rings. The number of carbonyl (C=O) groups is 8. The lowest BCUT2D eigenvalue weighted by Crippen LogP contribution is -2.82. The van der Waals surface area contributed by atoms with Gasteiger partial charge in [0.1, 0.15) is 36.6 Å². The number of hydrogen-bond donors (Lipinski definition) is 4. The predicted molar refractivity (Wildman–Crippen MR) is 268 cm³/mol. The number of carbonyl (C=O) groups excluding carboxylic acids is 8. The fourth-order valence-electron chi connectivity index (χ4n) is 11.1. The lowest BCUT2D eigenvalue weighted by atomic mass is 9.44. The van der Waals surface area contributed by atoms with Gasteiger partial charge in [0, 0.05) is 50.0 Å². The van der Waals surface area contributed by atoms with Gasteiger partial charge in [0.15, 0.2) is 23.6 Å². The lowest BCUT2D eigenvalue weighted by molar-refractivity contribution is -0.346. The Morgan fingerprint density at radius 1 is 0.867 bits per heavy atom. The first kappa shape index (κ1) is 55.9. The Kier molecular flexibility index (Phi) is 17.1. The van der Waals surface area contributed by atoms with E-state index in [-0.39, 0.29) is 41.8 Å². The Hall–Kier alpha value is -6.87. The van der Waals surface area contributed by atoms with Crippen molar-refractivity contribution in [3.8, 4) is 0 Å². The molecule has 0 aromatic heterocycles. The third-order valence-electron chi connectivity index (χ3n) is 14.9. The molecule has 0 unspecified atom stereocenters. The highest BCUT2D eigenvalue weighted by Gasteiger charge is 2.79. The van der Waals surface area contributed by atoms with Crippen LogP contribution < -0.4 is 10.6 Å². The van der Waals surface area contributed by atoms with Crippen LogP contribution in [-0.4, -0.2) is 131 Å². The lowest BCUT2D eigenvalue weighted by Gasteiger charge is -2.67. The molecule has 20 heteroatoms. The first-order valence-electron chi connectivity index (χ1n) is 24.4. The normalized spacial score (nSPS) is 28.1. The number of ether oxygens (including phenoxy) is 7. The molecule has 11 atom stereocenters. The fraction of sp³-hybridized carbons (Fsp3) is 0.455. The molecule has 1 aliphatic heterocycles. The SMILES string of the molecule is C=CSCCOC(=O)NCCC(=O)O[C@H]1C[C@H]2OC[C@@]2(OC(C)=O)[C@H]2[C@H](OC(=O)c3ccccc3)[C@]3(O)C[C@H](OC(=O)[C@H](O)[C@@H](NC(=O)c4ccccc4)c4ccccc4)C(C)=C([C@@H](OC(C)=O)C(=O)[C@]12C)C3(C)C. The van der Waals surface area contributed by atoms with E-state index in [2.05, 4.69) is 17.2 Å². The van der Waals surface area contributed by atoms with Gasteiger partial charge in [-0.15, -0.1) is 11.8 Å². The Morgan fingerprint density at radius 3 is 2.08 bits per heavy atom. The van der Waals surface area contributed by atoms with Crippen LogP contribution in [0.5, 0.6) is 0 Å². The maximum atomic E-state index is 16.2. The molecule has 1 heterocycles. The van der Waals surface area contributed by atoms with E-state index in [0.717, 1.165) is 13.8 Å². The molecule has 75 heavy (non-hydrogen) atoms. The molecule has 1 saturated heterocycles. The summed E-state index contributed by atoms with van der Waals surface area (Å²) in [5.41, 5.74) is -7.79. The van der Waals surface area contributed by atoms with Crippen molar-refractivity contribution in [1.29, 1.82) is 0 Å². The van der Waals surface area contributed by atoms with Crippen molar-refractivity contribution in [2.45, 2.75) is 115 Å². The zero-order valence-corrected chi connectivity index (χ0v) is 43.3. The number of amides is 2. The number of aliphatic hydroxyl groups excluding tert-OH is 1. The molecule has 3 aliphatic carbocycles. The number of benzene rings is 3. The average molecular weight is 1060 g/mol. The van der Waals surface area contributed by atoms with Gasteiger partial charge in [-0.3, -0.25) is 24.0 Å². The maximum Gasteiger partial charge on any atom is 0.407 e. The minimum Gasteiger partial charge on any atom is -0.461 e. The van der Waals surface area contributed by atoms with Crippen LogP contribution in [0.2, 0.25) is 0 Å². The second-order valence-electron chi connectivity index (χ2n) is 19.7. The van der Waals surface area contributed by atoms with Crippen LogP contribution in [0.4, 0.5) is 4.79 Å². The van der Waals surface area contributed by atoms with E-state index < -0.39 is 138 Å². The van der Waals surface area contributed by atoms with Crippen molar-refractivity contribution in [3.05, 3.63) is 131 Å². The first-order chi connectivity index (χ1) is 35.6. The van der Waals surface area contributed by atoms with Crippen LogP contribution in [0.25, 0.3) is 0 Å². The van der Waals surface area contributed by atoms with E-state index in [1.54, 1.807) is 84.3 Å². The molecule has 4 N–H and O–H groups in total. The summed E-state index contributed by atoms with van der Waals surface area (Å²) in [5.74, 6) is -7.78. The van der Waals surface area contributed by atoms with Crippen LogP contribution in [0.1, 0.15) is 93.1 Å². The molecular weight excluding hydrogens is 993 g/mol. The number of alkyl carbamates (subject to hydrolysis) is 1. The topological polar surface area (TPSA) is 266 Å². The van der Waals surface area contributed by atoms with E-state index in [0.29, 0.717) is 11.3 Å². The third-order valence-corrected chi connectivity index (χ3v) is 15.5. The van der Waals surface area contributed by atoms with Crippen molar-refractivity contribution in [3.63, 3.8) is 0 Å². The van der Waals surface area contributed by atoms with Crippen LogP contribution >= 0.6 is 11.8 Å². The van der Waals surface area contributed by atoms with Crippen LogP contribution in [0.3, 0.4) is 0 Å². The van der Waals surface area contributed by atoms with E-state index in [9.17, 15) is 43.8 Å². The molecular formula is C55H62N2O17S. The molecule has 2 amide bonds. The zero-order valence-electron chi connectivity index (χ0n) is 42.4. The highest BCUT2D eigenvalue weighted by Crippen LogP contribution is 2.65. The van der Waals surface area contributed by atoms with E-state index in [4.69, 9.17) is 33.2 Å². The summed E-state index contributed by atoms with van der Waals surface area (Å²) in [7, 11) is 0. The Bertz CT molecular complexity index is 2700. The van der Waals surface area contributed by atoms with Crippen LogP contribution in [0, 0.1) is 16.7 Å². The van der Waals surface area contributed by atoms with Crippen LogP contribution in [0.15, 0.2) is 114 Å². The summed E-state index contributed by atoms with van der Waals surface area (Å²) in [4.78, 5) is 112. The summed E-state index contributed by atoms with van der Waals surface area (Å²) >= 11 is 1.34. The quantitative estimate of drug-likeness (QED) is 0.0546. The maximum absolute atomic E-state index is 16.2. The number of Topliss-reactive ketones (excluding diaryl/α,β-unsaturated/α-hetero) is 1. The summed E-state index contributed by atoms with van der Waals surface area (Å²) in [5, 5.41) is 32.8. The zero-order chi connectivity index (χ0) is 54.5. The second-order valence-corrected chi connectivity index (χ2v) is 20.7. The van der Waals surface area contributed by atoms with Crippen molar-refractivity contribution in [2.75, 3.05) is 25.5 Å². The molecule has 3 aromatic rings. The van der Waals surface area contributed by atoms with E-state index in [1.807, 2.05) is 0 Å². The Morgan fingerprint density at radius 2 is 1.49 bits per heavy atom. The number of thioether (sulfide) groups is 1. The summed E-state index contributed by atoms with van der Waals surface area (Å²) < 4.78 is 42.3. The van der Waals surface area contributed by atoms with E-state index >= 15 is 4.79 Å². The molecule has 2 saturated carbocycles. The molecule has 19 nitrogen and oxygen atoms in total. The fourth-order valence-corrected chi connectivity index (χ4v) is 11.5. The van der Waals surface area contributed by atoms with Crippen molar-refractivity contribution < 1.29 is 81.7 Å². The molecule has 7 rings (SSSR count). The third kappa shape index (κ3) is 11.1. The number of aliphatic hydroxyl groups is 2. The number of esters is 5. The Balaban J connectivity index is 1.36. The monoisotopic (exact) mass is 1050 g/mol. The molecule has 0 spiro atoms. The van der Waals surface area contributed by atoms with Gasteiger partial charge in [-0.05, 0) is 60.2 Å². The number of rotatable bonds is 18. The van der Waals surface area contributed by atoms with Gasteiger partial charge in [-0.1, -0.05) is 87.2 Å². The second kappa shape index (κ2) is 22.9. The van der Waals surface area contributed by atoms with Crippen molar-refractivity contribution >= 4 is 59.4 Å². The standard InChI is InChI=1S/C55H62N2O17S/c1-8-75-27-26-68-51(66)56-25-24-40(60)72-38-28-39-54(30-69-39,74-33(4)59)45-47(73-49(64)36-22-16-11-17-23-36)55(67)29-37(31(2)41(52(55,5)6)44(70-32(3)58)46(62)53(38,45)7)71-50(65)43(61)42(34-18-12-9-13-19-34)57-48(63)35-20-14-10-15-21-35/h8-23,37-39,42-45,47,61,67H,1,24-30H2,2-7H3,(H,56,66)(H,57,63)/t37-,38-,39+,42-,43+,44+,45-,47-,53+,54-,55+/m0/s1. The van der Waals surface area contributed by atoms with Gasteiger partial charge in [0.2, 0.25) is 0 Å². The van der Waals surface area contributed by atoms with Crippen molar-refractivity contribution in [1.82, 2.24) is 10.6 Å². The molecule has 0 radical (unpaired) electrons. The molecule has 2 bridgehead atoms. The van der Waals surface area contributed by atoms with Gasteiger partial charge < -0.3 is 54.0 Å². The predicted octanol–water partition coefficient (Wildman–Crippen LogP) is 5.28. The Labute approximate surface area is 438 Å². The number of fused-ring (bicyclic) bond motifs is 5. The number of hydrogen-bond acceptors (Lipinski definition) is 18. The highest BCUT2D eigenvalue weighted by atomic mass is 32.2. The summed E-state index contributed by atoms with van der Waals surface area (Å²) in [6.45, 7) is 11.1. The minimum absolute atomic E-state index is 0.0114. The van der Waals surface area contributed by atoms with Gasteiger partial charge in [0.05, 0.1) is 36.0 Å². The van der Waals surface area contributed by atoms with Crippen LogP contribution in [-0.2, 0) is 57.1 Å². The summed E-state index contributed by atoms with van der Waals surface area (Å²) in [6.07, 6.45) is -12.4. The number of ketones is 1. The molecule has 3 fully saturated rings. The summed E-state index contributed by atoms with van der Waals surface area (Å²) in [6, 6.07) is 22.6. The largest absolute Gasteiger partial charge is 0.461 e. The minimum atomic E-state index is -2.51. The number of nitrogens with one attached hydrogen (secondary N) is 2. The van der Waals surface area contributed by atoms with Gasteiger partial charge in [0.25, 0.3) is 5.91 Å². The highest BCUT2D eigenvalue weighted by molar-refractivity contribution is 8.02. The first-order valence-corrected chi connectivity index (χ1v) is 25.5. The van der Waals surface area contributed by atoms with E-state index in [1.165, 1.54) is 51.6 Å². The van der Waals surface area contributed by atoms with Gasteiger partial charge in [-0.2, -0.15) is 0 Å². The molecule has 3 aromatic carbocycles.